The summed E-state index contributed by atoms with van der Waals surface area (Å²) in [5.41, 5.74) is 0. The van der Waals surface area contributed by atoms with E-state index in [4.69, 9.17) is 24.6 Å². The number of hydrogen-bond acceptors (Lipinski definition) is 2. The van der Waals surface area contributed by atoms with Gasteiger partial charge >= 0.3 is 72.3 Å². The van der Waals surface area contributed by atoms with E-state index < -0.39 is 15.1 Å². The molecule has 0 saturated heterocycles. The van der Waals surface area contributed by atoms with Crippen LogP contribution >= 0.6 is 32.0 Å². The molecular formula is CH3CaCl2NSZn. The minimum absolute atomic E-state index is 0. The molecule has 0 N–H and O–H groups in total. The molecule has 0 rings (SSSR count). The molecule has 6 heteroatoms. The van der Waals surface area contributed by atoms with Gasteiger partial charge in [-0.2, -0.15) is 5.26 Å². The summed E-state index contributed by atoms with van der Waals surface area (Å²) in [4.78, 5) is 0. The van der Waals surface area contributed by atoms with Gasteiger partial charge in [-0.3, -0.25) is 0 Å². The van der Waals surface area contributed by atoms with Crippen LogP contribution in [-0.4, -0.2) is 37.7 Å². The second kappa shape index (κ2) is 23.9. The third-order valence-electron chi connectivity index (χ3n) is 0. The SMILES string of the molecule is N#CS.[Ca+2].[Cl][Zn][Cl].[H-].[H-]. The molecule has 0 amide bonds. The molecule has 0 radical (unpaired) electrons. The van der Waals surface area contributed by atoms with Crippen molar-refractivity contribution in [3.8, 4) is 5.40 Å². The molecule has 0 atom stereocenters. The van der Waals surface area contributed by atoms with Crippen LogP contribution in [-0.2, 0) is 15.1 Å². The second-order valence-electron chi connectivity index (χ2n) is 0.201. The summed E-state index contributed by atoms with van der Waals surface area (Å²) in [6.07, 6.45) is 0. The van der Waals surface area contributed by atoms with E-state index >= 15 is 0 Å². The van der Waals surface area contributed by atoms with Gasteiger partial charge in [-0.05, 0) is 0 Å². The van der Waals surface area contributed by atoms with Crippen molar-refractivity contribution in [2.45, 2.75) is 0 Å². The maximum absolute atomic E-state index is 7.18. The summed E-state index contributed by atoms with van der Waals surface area (Å²) in [5, 5.41) is 8.63. The fourth-order valence-electron chi connectivity index (χ4n) is 0. The van der Waals surface area contributed by atoms with Gasteiger partial charge in [0.1, 0.15) is 5.40 Å². The predicted molar refractivity (Wildman–Crippen MR) is 34.3 cm³/mol. The van der Waals surface area contributed by atoms with Crippen LogP contribution in [0.3, 0.4) is 0 Å². The molecule has 36 valence electrons. The molecule has 0 aromatic carbocycles. The average molecular weight is 237 g/mol. The van der Waals surface area contributed by atoms with Crippen molar-refractivity contribution in [3.63, 3.8) is 0 Å². The monoisotopic (exact) mass is 235 g/mol. The number of halogens is 2. The van der Waals surface area contributed by atoms with Gasteiger partial charge in [-0.1, -0.05) is 12.6 Å². The smallest absolute Gasteiger partial charge is 1.00 e. The van der Waals surface area contributed by atoms with E-state index in [1.165, 1.54) is 5.40 Å². The maximum atomic E-state index is 7.18. The topological polar surface area (TPSA) is 23.8 Å². The zero-order chi connectivity index (χ0) is 5.41. The Morgan fingerprint density at radius 2 is 1.71 bits per heavy atom. The van der Waals surface area contributed by atoms with E-state index in [0.717, 1.165) is 0 Å². The summed E-state index contributed by atoms with van der Waals surface area (Å²) in [6, 6.07) is 0. The van der Waals surface area contributed by atoms with Crippen LogP contribution in [0.2, 0.25) is 0 Å². The van der Waals surface area contributed by atoms with E-state index in [9.17, 15) is 0 Å². The molecule has 0 bridgehead atoms. The van der Waals surface area contributed by atoms with Gasteiger partial charge in [-0.25, -0.2) is 0 Å². The zero-order valence-electron chi connectivity index (χ0n) is 5.56. The molecule has 0 aliphatic rings. The predicted octanol–water partition coefficient (Wildman–Crippen LogP) is 1.62. The molecule has 0 fully saturated rings. The van der Waals surface area contributed by atoms with Crippen LogP contribution in [0.15, 0.2) is 0 Å². The molecule has 0 saturated carbocycles. The molecule has 0 aliphatic heterocycles. The third kappa shape index (κ3) is 62.2. The number of thiol groups is 1. The Morgan fingerprint density at radius 1 is 1.71 bits per heavy atom. The van der Waals surface area contributed by atoms with Crippen LogP contribution in [0, 0.1) is 10.7 Å². The van der Waals surface area contributed by atoms with E-state index in [2.05, 4.69) is 12.6 Å². The van der Waals surface area contributed by atoms with Gasteiger partial charge in [0.05, 0.1) is 0 Å². The van der Waals surface area contributed by atoms with Crippen molar-refractivity contribution in [1.82, 2.24) is 0 Å². The molecular weight excluding hydrogens is 234 g/mol. The number of nitriles is 1. The first-order valence-electron chi connectivity index (χ1n) is 0.982. The minimum Gasteiger partial charge on any atom is -1.00 e. The molecule has 0 unspecified atom stereocenters. The molecule has 0 aromatic rings. The number of rotatable bonds is 0. The standard InChI is InChI=1S/CHNS.Ca.2ClH.Zn.2H/c2-1-3;;;;;;/h3H;;2*1H;;;/q;+2;;;+2;2*-1/p-2. The summed E-state index contributed by atoms with van der Waals surface area (Å²) in [6.45, 7) is 0. The van der Waals surface area contributed by atoms with Gasteiger partial charge in [0.15, 0.2) is 0 Å². The van der Waals surface area contributed by atoms with Gasteiger partial charge in [0, 0.05) is 0 Å². The van der Waals surface area contributed by atoms with Crippen molar-refractivity contribution in [1.29, 1.82) is 5.26 Å². The average Bonchev–Trinajstić information content (AvgIpc) is 1.39. The summed E-state index contributed by atoms with van der Waals surface area (Å²) in [5.74, 6) is 0. The summed E-state index contributed by atoms with van der Waals surface area (Å²) >= 11 is 2.16. The number of thiocyanates is 1. The number of nitrogens with zero attached hydrogens (tertiary/aromatic N) is 1. The van der Waals surface area contributed by atoms with Crippen LogP contribution in [0.25, 0.3) is 0 Å². The van der Waals surface area contributed by atoms with Crippen LogP contribution < -0.4 is 0 Å². The Hall–Kier alpha value is 2.30. The normalized spacial score (nSPS) is 2.57. The molecule has 0 spiro atoms. The Bertz CT molecular complexity index is 54.3. The summed E-state index contributed by atoms with van der Waals surface area (Å²) in [7, 11) is 9.90. The van der Waals surface area contributed by atoms with Crippen LogP contribution in [0.1, 0.15) is 2.85 Å². The third-order valence-corrected chi connectivity index (χ3v) is 0. The van der Waals surface area contributed by atoms with E-state index in [0.29, 0.717) is 0 Å². The van der Waals surface area contributed by atoms with E-state index in [1.54, 1.807) is 0 Å². The van der Waals surface area contributed by atoms with Gasteiger partial charge in [0.25, 0.3) is 0 Å². The molecule has 0 heterocycles. The molecule has 7 heavy (non-hydrogen) atoms. The molecule has 1 nitrogen and oxygen atoms in total. The van der Waals surface area contributed by atoms with E-state index in [1.807, 2.05) is 0 Å². The zero-order valence-corrected chi connectivity index (χ0v) is 11.1. The Kier molecular flexibility index (Phi) is 55.2. The number of hydrogen-bond donors (Lipinski definition) is 1. The van der Waals surface area contributed by atoms with Gasteiger partial charge in [-0.15, -0.1) is 0 Å². The van der Waals surface area contributed by atoms with Gasteiger partial charge in [0.2, 0.25) is 0 Å². The first kappa shape index (κ1) is 16.1. The van der Waals surface area contributed by atoms with Crippen molar-refractivity contribution in [2.24, 2.45) is 0 Å². The fourth-order valence-corrected chi connectivity index (χ4v) is 0. The maximum Gasteiger partial charge on any atom is -1.00 e. The van der Waals surface area contributed by atoms with E-state index in [-0.39, 0.29) is 40.6 Å². The van der Waals surface area contributed by atoms with Crippen molar-refractivity contribution < 1.29 is 18.0 Å². The first-order chi connectivity index (χ1) is 2.83. The van der Waals surface area contributed by atoms with Crippen molar-refractivity contribution in [3.05, 3.63) is 0 Å². The largest absolute Gasteiger partial charge is 1.00 e. The van der Waals surface area contributed by atoms with Crippen LogP contribution in [0.5, 0.6) is 0 Å². The first-order valence-corrected chi connectivity index (χ1v) is 9.23. The Labute approximate surface area is 96.8 Å². The Morgan fingerprint density at radius 3 is 1.71 bits per heavy atom. The quantitative estimate of drug-likeness (QED) is 0.386. The molecule has 0 aliphatic carbocycles. The van der Waals surface area contributed by atoms with Crippen molar-refractivity contribution >= 4 is 69.7 Å². The fraction of sp³-hybridized carbons (Fsp3) is 0. The van der Waals surface area contributed by atoms with Crippen molar-refractivity contribution in [2.75, 3.05) is 0 Å². The summed E-state index contributed by atoms with van der Waals surface area (Å²) < 4.78 is 0. The van der Waals surface area contributed by atoms with Gasteiger partial charge < -0.3 is 2.85 Å². The minimum atomic E-state index is -0.931. The Balaban J connectivity index is -0.00000000889. The second-order valence-corrected chi connectivity index (χ2v) is 5.02. The molecule has 0 aromatic heterocycles. The van der Waals surface area contributed by atoms with Crippen LogP contribution in [0.4, 0.5) is 0 Å².